The van der Waals surface area contributed by atoms with Crippen molar-refractivity contribution in [2.24, 2.45) is 11.8 Å². The van der Waals surface area contributed by atoms with E-state index in [1.54, 1.807) is 13.8 Å². The van der Waals surface area contributed by atoms with E-state index in [4.69, 9.17) is 9.72 Å². The Bertz CT molecular complexity index is 1310. The topological polar surface area (TPSA) is 130 Å². The lowest BCUT2D eigenvalue weighted by Gasteiger charge is -2.35. The number of ether oxygens (including phenoxy) is 1. The van der Waals surface area contributed by atoms with Gasteiger partial charge < -0.3 is 10.1 Å². The molecule has 2 aliphatic rings. The van der Waals surface area contributed by atoms with E-state index < -0.39 is 30.2 Å². The molecule has 0 radical (unpaired) electrons. The standard InChI is InChI=1S/C30H39N5O5/c1-17(2)27-28(37)32-19(4)29(38)35-14-6-7-24(34-35)30(39)40-20(5)23-13-12-22-11-10-21(15-25(22)33-23)9-8-18(3)26(36)16-31-27/h8-13,15,17-20,24,27,31,34H,6-7,14,16H2,1-5H3,(H,32,37)/b9-8+/t18-,19+,20-,24+,27+/m1/s1. The summed E-state index contributed by atoms with van der Waals surface area (Å²) in [6, 6.07) is 7.42. The number of cyclic esters (lactones) is 1. The summed E-state index contributed by atoms with van der Waals surface area (Å²) in [5, 5.41) is 8.17. The minimum absolute atomic E-state index is 0.0160. The maximum absolute atomic E-state index is 13.2. The molecule has 0 unspecified atom stereocenters. The summed E-state index contributed by atoms with van der Waals surface area (Å²) >= 11 is 0. The first kappa shape index (κ1) is 29.4. The van der Waals surface area contributed by atoms with E-state index in [1.165, 1.54) is 5.01 Å². The number of hydrazine groups is 1. The summed E-state index contributed by atoms with van der Waals surface area (Å²) in [4.78, 5) is 56.9. The first-order valence-electron chi connectivity index (χ1n) is 14.0. The molecule has 5 bridgehead atoms. The quantitative estimate of drug-likeness (QED) is 0.463. The summed E-state index contributed by atoms with van der Waals surface area (Å²) < 4.78 is 5.75. The van der Waals surface area contributed by atoms with Crippen molar-refractivity contribution in [3.05, 3.63) is 47.7 Å². The first-order chi connectivity index (χ1) is 19.0. The van der Waals surface area contributed by atoms with Gasteiger partial charge in [-0.25, -0.2) is 10.4 Å². The van der Waals surface area contributed by atoms with Crippen LogP contribution in [0, 0.1) is 11.8 Å². The molecule has 4 rings (SSSR count). The SMILES string of the molecule is CC(C)[C@@H]1NCC(=O)[C@H](C)/C=C/c2ccc3ccc(nc3c2)[C@@H](C)OC(=O)[C@@H]2CCCN(N2)C(=O)[C@H](C)NC1=O. The highest BCUT2D eigenvalue weighted by Crippen LogP contribution is 2.22. The van der Waals surface area contributed by atoms with E-state index in [0.717, 1.165) is 16.5 Å². The number of pyridine rings is 1. The van der Waals surface area contributed by atoms with Crippen LogP contribution >= 0.6 is 0 Å². The number of rotatable bonds is 1. The molecule has 0 aliphatic carbocycles. The van der Waals surface area contributed by atoms with Crippen LogP contribution in [0.25, 0.3) is 17.0 Å². The largest absolute Gasteiger partial charge is 0.455 e. The zero-order valence-corrected chi connectivity index (χ0v) is 23.8. The number of Topliss-reactive ketones (excluding diaryl/α,β-unsaturated/α-hetero) is 1. The van der Waals surface area contributed by atoms with Crippen LogP contribution in [-0.4, -0.2) is 64.8 Å². The van der Waals surface area contributed by atoms with Crippen LogP contribution in [0.1, 0.15) is 64.8 Å². The third-order valence-corrected chi connectivity index (χ3v) is 7.44. The van der Waals surface area contributed by atoms with Gasteiger partial charge in [0, 0.05) is 17.8 Å². The molecule has 3 N–H and O–H groups in total. The maximum atomic E-state index is 13.2. The number of carbonyl (C=O) groups excluding carboxylic acids is 4. The number of aromatic nitrogens is 1. The lowest BCUT2D eigenvalue weighted by molar-refractivity contribution is -0.157. The van der Waals surface area contributed by atoms with Crippen molar-refractivity contribution in [3.8, 4) is 0 Å². The third kappa shape index (κ3) is 6.92. The van der Waals surface area contributed by atoms with Gasteiger partial charge in [0.05, 0.1) is 23.8 Å². The van der Waals surface area contributed by atoms with E-state index in [-0.39, 0.29) is 36.0 Å². The van der Waals surface area contributed by atoms with Gasteiger partial charge in [0.1, 0.15) is 18.2 Å². The van der Waals surface area contributed by atoms with Crippen LogP contribution < -0.4 is 16.1 Å². The number of fused-ring (bicyclic) bond motifs is 4. The zero-order chi connectivity index (χ0) is 29.0. The minimum atomic E-state index is -0.836. The van der Waals surface area contributed by atoms with Crippen LogP contribution in [0.15, 0.2) is 36.4 Å². The summed E-state index contributed by atoms with van der Waals surface area (Å²) in [5.74, 6) is -1.74. The lowest BCUT2D eigenvalue weighted by atomic mass is 10.0. The molecule has 2 aromatic rings. The molecular weight excluding hydrogens is 510 g/mol. The number of ketones is 1. The number of amides is 2. The molecule has 1 aromatic carbocycles. The zero-order valence-electron chi connectivity index (χ0n) is 23.8. The van der Waals surface area contributed by atoms with Gasteiger partial charge in [0.25, 0.3) is 5.91 Å². The molecule has 5 atom stereocenters. The highest BCUT2D eigenvalue weighted by atomic mass is 16.5. The number of carbonyl (C=O) groups is 4. The van der Waals surface area contributed by atoms with E-state index in [1.807, 2.05) is 63.3 Å². The number of benzene rings is 1. The van der Waals surface area contributed by atoms with Crippen molar-refractivity contribution in [2.45, 2.75) is 71.7 Å². The fourth-order valence-electron chi connectivity index (χ4n) is 4.88. The van der Waals surface area contributed by atoms with Crippen LogP contribution in [0.2, 0.25) is 0 Å². The molecule has 10 nitrogen and oxygen atoms in total. The predicted octanol–water partition coefficient (Wildman–Crippen LogP) is 2.69. The van der Waals surface area contributed by atoms with Crippen molar-refractivity contribution >= 4 is 40.5 Å². The maximum Gasteiger partial charge on any atom is 0.325 e. The van der Waals surface area contributed by atoms with Crippen molar-refractivity contribution in [3.63, 3.8) is 0 Å². The summed E-state index contributed by atoms with van der Waals surface area (Å²) in [6.45, 7) is 9.37. The van der Waals surface area contributed by atoms with E-state index in [2.05, 4.69) is 16.1 Å². The summed E-state index contributed by atoms with van der Waals surface area (Å²) in [5.41, 5.74) is 5.23. The molecule has 0 saturated carbocycles. The number of hydrogen-bond acceptors (Lipinski definition) is 8. The van der Waals surface area contributed by atoms with Gasteiger partial charge in [-0.1, -0.05) is 51.1 Å². The number of allylic oxidation sites excluding steroid dienone is 1. The van der Waals surface area contributed by atoms with Crippen molar-refractivity contribution in [2.75, 3.05) is 13.1 Å². The predicted molar refractivity (Wildman–Crippen MR) is 152 cm³/mol. The molecule has 3 heterocycles. The number of nitrogens with zero attached hydrogens (tertiary/aromatic N) is 2. The lowest BCUT2D eigenvalue weighted by Crippen LogP contribution is -2.60. The molecule has 1 saturated heterocycles. The van der Waals surface area contributed by atoms with Crippen LogP contribution in [0.5, 0.6) is 0 Å². The monoisotopic (exact) mass is 549 g/mol. The van der Waals surface area contributed by atoms with E-state index in [9.17, 15) is 19.2 Å². The number of nitrogens with one attached hydrogen (secondary N) is 3. The Balaban J connectivity index is 1.64. The van der Waals surface area contributed by atoms with Crippen molar-refractivity contribution < 1.29 is 23.9 Å². The van der Waals surface area contributed by atoms with Gasteiger partial charge in [-0.3, -0.25) is 29.5 Å². The van der Waals surface area contributed by atoms with Crippen molar-refractivity contribution in [1.82, 2.24) is 26.1 Å². The highest BCUT2D eigenvalue weighted by Gasteiger charge is 2.33. The molecule has 0 spiro atoms. The van der Waals surface area contributed by atoms with Crippen LogP contribution in [0.3, 0.4) is 0 Å². The molecular formula is C30H39N5O5. The van der Waals surface area contributed by atoms with E-state index in [0.29, 0.717) is 25.1 Å². The minimum Gasteiger partial charge on any atom is -0.455 e. The Morgan fingerprint density at radius 3 is 2.55 bits per heavy atom. The molecule has 40 heavy (non-hydrogen) atoms. The Labute approximate surface area is 234 Å². The molecule has 2 aliphatic heterocycles. The fraction of sp³-hybridized carbons (Fsp3) is 0.500. The number of esters is 1. The molecule has 214 valence electrons. The van der Waals surface area contributed by atoms with Gasteiger partial charge in [-0.15, -0.1) is 0 Å². The second-order valence-electron chi connectivity index (χ2n) is 11.0. The summed E-state index contributed by atoms with van der Waals surface area (Å²) in [7, 11) is 0. The van der Waals surface area contributed by atoms with Crippen LogP contribution in [0.4, 0.5) is 0 Å². The smallest absolute Gasteiger partial charge is 0.325 e. The fourth-order valence-corrected chi connectivity index (χ4v) is 4.88. The molecule has 1 fully saturated rings. The van der Waals surface area contributed by atoms with Gasteiger partial charge in [-0.05, 0) is 50.3 Å². The Morgan fingerprint density at radius 2 is 1.80 bits per heavy atom. The first-order valence-corrected chi connectivity index (χ1v) is 14.0. The molecule has 2 amide bonds. The van der Waals surface area contributed by atoms with Crippen LogP contribution in [-0.2, 0) is 23.9 Å². The normalized spacial score (nSPS) is 28.2. The van der Waals surface area contributed by atoms with Gasteiger partial charge in [-0.2, -0.15) is 0 Å². The Kier molecular flexibility index (Phi) is 9.32. The molecule has 10 heteroatoms. The van der Waals surface area contributed by atoms with Gasteiger partial charge in [0.15, 0.2) is 5.78 Å². The van der Waals surface area contributed by atoms with Crippen molar-refractivity contribution in [1.29, 1.82) is 0 Å². The Hall–Kier alpha value is -3.63. The third-order valence-electron chi connectivity index (χ3n) is 7.44. The van der Waals surface area contributed by atoms with Gasteiger partial charge in [0.2, 0.25) is 5.91 Å². The number of hydrogen-bond donors (Lipinski definition) is 3. The Morgan fingerprint density at radius 1 is 1.05 bits per heavy atom. The van der Waals surface area contributed by atoms with Gasteiger partial charge >= 0.3 is 5.97 Å². The van der Waals surface area contributed by atoms with E-state index >= 15 is 0 Å². The molecule has 1 aromatic heterocycles. The average molecular weight is 550 g/mol. The average Bonchev–Trinajstić information content (AvgIpc) is 2.94. The highest BCUT2D eigenvalue weighted by molar-refractivity contribution is 5.91. The second-order valence-corrected chi connectivity index (χ2v) is 11.0. The summed E-state index contributed by atoms with van der Waals surface area (Å²) in [6.07, 6.45) is 4.23. The second kappa shape index (κ2) is 12.7.